The highest BCUT2D eigenvalue weighted by atomic mass is 35.5. The average Bonchev–Trinajstić information content (AvgIpc) is 2.12. The van der Waals surface area contributed by atoms with Crippen LogP contribution in [0.25, 0.3) is 10.8 Å². The van der Waals surface area contributed by atoms with Crippen molar-refractivity contribution in [2.75, 3.05) is 0 Å². The molecular weight excluding hydrogens is 172 g/mol. The van der Waals surface area contributed by atoms with Crippen molar-refractivity contribution in [1.29, 1.82) is 0 Å². The lowest BCUT2D eigenvalue weighted by molar-refractivity contribution is 0.476. The number of hydrogen-bond acceptors (Lipinski definition) is 1. The summed E-state index contributed by atoms with van der Waals surface area (Å²) in [6.45, 7) is 0. The molecule has 0 aliphatic heterocycles. The number of fused-ring (bicyclic) bond motifs is 1. The van der Waals surface area contributed by atoms with Gasteiger partial charge in [0.1, 0.15) is 5.75 Å². The van der Waals surface area contributed by atoms with Crippen molar-refractivity contribution in [3.63, 3.8) is 0 Å². The molecule has 0 saturated heterocycles. The molecule has 0 saturated carbocycles. The second-order valence-corrected chi connectivity index (χ2v) is 2.91. The Morgan fingerprint density at radius 1 is 1.25 bits per heavy atom. The van der Waals surface area contributed by atoms with E-state index in [1.165, 1.54) is 6.07 Å². The second-order valence-electron chi connectivity index (χ2n) is 2.53. The van der Waals surface area contributed by atoms with Crippen LogP contribution in [0.4, 0.5) is 0 Å². The van der Waals surface area contributed by atoms with E-state index in [-0.39, 0.29) is 10.8 Å². The number of benzene rings is 2. The van der Waals surface area contributed by atoms with Gasteiger partial charge in [-0.2, -0.15) is 0 Å². The number of rotatable bonds is 0. The Morgan fingerprint density at radius 2 is 2.08 bits per heavy atom. The zero-order chi connectivity index (χ0) is 9.42. The monoisotopic (exact) mass is 179 g/mol. The third kappa shape index (κ3) is 1.03. The van der Waals surface area contributed by atoms with E-state index < -0.39 is 0 Å². The van der Waals surface area contributed by atoms with Crippen molar-refractivity contribution >= 4 is 22.4 Å². The Morgan fingerprint density at radius 3 is 2.92 bits per heavy atom. The second kappa shape index (κ2) is 2.68. The minimum Gasteiger partial charge on any atom is -0.506 e. The summed E-state index contributed by atoms with van der Waals surface area (Å²) < 4.78 is 7.61. The third-order valence-electron chi connectivity index (χ3n) is 1.75. The van der Waals surface area contributed by atoms with E-state index in [4.69, 9.17) is 13.0 Å². The minimum absolute atomic E-state index is 0.0221. The van der Waals surface area contributed by atoms with Crippen LogP contribution in [0.1, 0.15) is 1.37 Å². The molecule has 0 radical (unpaired) electrons. The lowest BCUT2D eigenvalue weighted by Gasteiger charge is -2.00. The molecule has 2 aromatic carbocycles. The lowest BCUT2D eigenvalue weighted by atomic mass is 10.1. The quantitative estimate of drug-likeness (QED) is 0.659. The molecule has 1 nitrogen and oxygen atoms in total. The van der Waals surface area contributed by atoms with Crippen LogP contribution in [0, 0.1) is 0 Å². The first kappa shape index (κ1) is 6.32. The third-order valence-corrected chi connectivity index (χ3v) is 2.14. The summed E-state index contributed by atoms with van der Waals surface area (Å²) in [5.74, 6) is 0.0221. The first-order valence-electron chi connectivity index (χ1n) is 4.07. The predicted molar refractivity (Wildman–Crippen MR) is 50.6 cm³/mol. The van der Waals surface area contributed by atoms with Gasteiger partial charge < -0.3 is 5.11 Å². The highest BCUT2D eigenvalue weighted by molar-refractivity contribution is 6.36. The van der Waals surface area contributed by atoms with Crippen molar-refractivity contribution in [3.05, 3.63) is 41.4 Å². The molecule has 0 amide bonds. The number of hydrogen-bond donors (Lipinski definition) is 1. The van der Waals surface area contributed by atoms with Crippen LogP contribution in [0.2, 0.25) is 5.02 Å². The lowest BCUT2D eigenvalue weighted by Crippen LogP contribution is -1.73. The van der Waals surface area contributed by atoms with Crippen molar-refractivity contribution in [3.8, 4) is 5.75 Å². The molecule has 0 fully saturated rings. The van der Waals surface area contributed by atoms with Gasteiger partial charge in [0.05, 0.1) is 6.39 Å². The van der Waals surface area contributed by atoms with Crippen LogP contribution < -0.4 is 0 Å². The Labute approximate surface area is 76.6 Å². The molecule has 0 aromatic heterocycles. The topological polar surface area (TPSA) is 20.2 Å². The van der Waals surface area contributed by atoms with Gasteiger partial charge in [-0.3, -0.25) is 0 Å². The van der Waals surface area contributed by atoms with Crippen LogP contribution in [-0.4, -0.2) is 5.11 Å². The fraction of sp³-hybridized carbons (Fsp3) is 0. The van der Waals surface area contributed by atoms with Gasteiger partial charge in [-0.25, -0.2) is 0 Å². The number of aromatic hydroxyl groups is 1. The largest absolute Gasteiger partial charge is 0.506 e. The molecule has 2 aromatic rings. The van der Waals surface area contributed by atoms with Gasteiger partial charge in [0.25, 0.3) is 0 Å². The molecule has 2 rings (SSSR count). The van der Waals surface area contributed by atoms with E-state index in [9.17, 15) is 5.11 Å². The maximum Gasteiger partial charge on any atom is 0.134 e. The molecule has 60 valence electrons. The molecule has 0 unspecified atom stereocenters. The molecule has 0 heterocycles. The van der Waals surface area contributed by atoms with Gasteiger partial charge in [0.2, 0.25) is 0 Å². The van der Waals surface area contributed by atoms with Gasteiger partial charge in [0.15, 0.2) is 0 Å². The zero-order valence-corrected chi connectivity index (χ0v) is 6.97. The van der Waals surface area contributed by atoms with E-state index in [1.807, 2.05) is 6.07 Å². The maximum atomic E-state index is 9.33. The van der Waals surface area contributed by atoms with Crippen LogP contribution in [0.5, 0.6) is 5.75 Å². The molecule has 0 bridgehead atoms. The summed E-state index contributed by atoms with van der Waals surface area (Å²) in [5.41, 5.74) is 0. The summed E-state index contributed by atoms with van der Waals surface area (Å²) in [5, 5.41) is 11.1. The summed E-state index contributed by atoms with van der Waals surface area (Å²) in [6, 6.07) is 8.90. The van der Waals surface area contributed by atoms with Crippen molar-refractivity contribution in [1.82, 2.24) is 0 Å². The fourth-order valence-corrected chi connectivity index (χ4v) is 1.38. The molecule has 2 heteroatoms. The molecule has 0 aliphatic rings. The molecular formula is C10H7ClO. The maximum absolute atomic E-state index is 9.33. The highest BCUT2D eigenvalue weighted by Crippen LogP contribution is 2.31. The number of phenolic OH excluding ortho intramolecular Hbond substituents is 1. The molecule has 0 spiro atoms. The Balaban J connectivity index is 2.97. The van der Waals surface area contributed by atoms with Crippen LogP contribution in [-0.2, 0) is 0 Å². The molecule has 1 N–H and O–H groups in total. The standard InChI is InChI=1S/C10H7ClO/c11-10-8-4-2-1-3-7(8)5-6-9(10)12/h1-6,12H/i4D. The van der Waals surface area contributed by atoms with E-state index in [1.54, 1.807) is 18.2 Å². The highest BCUT2D eigenvalue weighted by Gasteiger charge is 2.01. The first-order valence-corrected chi connectivity index (χ1v) is 3.95. The smallest absolute Gasteiger partial charge is 0.134 e. The van der Waals surface area contributed by atoms with E-state index in [0.717, 1.165) is 5.39 Å². The van der Waals surface area contributed by atoms with Crippen LogP contribution in [0.15, 0.2) is 36.4 Å². The van der Waals surface area contributed by atoms with E-state index in [0.29, 0.717) is 11.4 Å². The Hall–Kier alpha value is -1.21. The first-order chi connectivity index (χ1) is 6.20. The van der Waals surface area contributed by atoms with Gasteiger partial charge in [-0.15, -0.1) is 0 Å². The molecule has 0 atom stereocenters. The van der Waals surface area contributed by atoms with E-state index in [2.05, 4.69) is 0 Å². The SMILES string of the molecule is [2H]c1cccc2ccc(O)c(Cl)c12. The van der Waals surface area contributed by atoms with Gasteiger partial charge in [0, 0.05) is 5.39 Å². The van der Waals surface area contributed by atoms with Crippen LogP contribution in [0.3, 0.4) is 0 Å². The number of phenols is 1. The van der Waals surface area contributed by atoms with Gasteiger partial charge in [-0.1, -0.05) is 41.9 Å². The average molecular weight is 180 g/mol. The van der Waals surface area contributed by atoms with Crippen LogP contribution >= 0.6 is 11.6 Å². The predicted octanol–water partition coefficient (Wildman–Crippen LogP) is 3.20. The van der Waals surface area contributed by atoms with Gasteiger partial charge >= 0.3 is 0 Å². The van der Waals surface area contributed by atoms with Crippen molar-refractivity contribution in [2.24, 2.45) is 0 Å². The minimum atomic E-state index is 0.0221. The molecule has 12 heavy (non-hydrogen) atoms. The Kier molecular flexibility index (Phi) is 1.41. The van der Waals surface area contributed by atoms with Crippen molar-refractivity contribution in [2.45, 2.75) is 0 Å². The van der Waals surface area contributed by atoms with Gasteiger partial charge in [-0.05, 0) is 11.5 Å². The fourth-order valence-electron chi connectivity index (χ4n) is 1.15. The van der Waals surface area contributed by atoms with Crippen molar-refractivity contribution < 1.29 is 6.48 Å². The normalized spacial score (nSPS) is 11.6. The summed E-state index contributed by atoms with van der Waals surface area (Å²) >= 11 is 5.86. The number of halogens is 1. The molecule has 0 aliphatic carbocycles. The summed E-state index contributed by atoms with van der Waals surface area (Å²) in [6.07, 6.45) is 0. The summed E-state index contributed by atoms with van der Waals surface area (Å²) in [4.78, 5) is 0. The van der Waals surface area contributed by atoms with E-state index >= 15 is 0 Å². The summed E-state index contributed by atoms with van der Waals surface area (Å²) in [7, 11) is 0. The Bertz CT molecular complexity index is 468. The zero-order valence-electron chi connectivity index (χ0n) is 7.21.